The molecule has 0 aliphatic rings. The van der Waals surface area contributed by atoms with Crippen molar-refractivity contribution in [2.45, 2.75) is 0 Å². The fraction of sp³-hybridized carbons (Fsp3) is 0. The molecule has 10 rings (SSSR count). The molecule has 0 aliphatic carbocycles. The lowest BCUT2D eigenvalue weighted by Gasteiger charge is -2.05. The third-order valence-corrected chi connectivity index (χ3v) is 9.61. The Morgan fingerprint density at radius 1 is 0.500 bits per heavy atom. The van der Waals surface area contributed by atoms with E-state index in [1.807, 2.05) is 11.3 Å². The minimum atomic E-state index is 0.917. The minimum Gasteiger partial charge on any atom is -0.291 e. The fourth-order valence-corrected chi connectivity index (χ4v) is 7.73. The normalized spacial score (nSPS) is 12.5. The highest BCUT2D eigenvalue weighted by molar-refractivity contribution is 7.25. The van der Waals surface area contributed by atoms with Gasteiger partial charge in [0, 0.05) is 36.3 Å². The summed E-state index contributed by atoms with van der Waals surface area (Å²) in [4.78, 5) is 10.5. The van der Waals surface area contributed by atoms with Gasteiger partial charge in [-0.2, -0.15) is 0 Å². The van der Waals surface area contributed by atoms with E-state index in [1.54, 1.807) is 0 Å². The molecular weight excluding hydrogens is 506 g/mol. The lowest BCUT2D eigenvalue weighted by molar-refractivity contribution is 1.28. The van der Waals surface area contributed by atoms with Gasteiger partial charge < -0.3 is 0 Å². The molecule has 0 aliphatic heterocycles. The molecule has 0 radical (unpaired) electrons. The van der Waals surface area contributed by atoms with Crippen molar-refractivity contribution >= 4 is 91.7 Å². The van der Waals surface area contributed by atoms with Crippen LogP contribution < -0.4 is 0 Å². The van der Waals surface area contributed by atoms with Crippen molar-refractivity contribution in [3.05, 3.63) is 115 Å². The number of hydrogen-bond donors (Lipinski definition) is 0. The van der Waals surface area contributed by atoms with Gasteiger partial charge in [-0.1, -0.05) is 66.7 Å². The number of fused-ring (bicyclic) bond motifs is 11. The average molecular weight is 526 g/mol. The van der Waals surface area contributed by atoms with Gasteiger partial charge in [-0.25, -0.2) is 9.97 Å². The van der Waals surface area contributed by atoms with Crippen LogP contribution in [0.3, 0.4) is 0 Å². The van der Waals surface area contributed by atoms with Crippen LogP contribution in [0.5, 0.6) is 0 Å². The lowest BCUT2D eigenvalue weighted by Crippen LogP contribution is -1.89. The average Bonchev–Trinajstić information content (AvgIpc) is 3.64. The summed E-state index contributed by atoms with van der Waals surface area (Å²) in [5.74, 6) is 0. The van der Waals surface area contributed by atoms with Crippen molar-refractivity contribution in [3.8, 4) is 11.1 Å². The standard InChI is InChI=1S/C36H19N3S/c1-2-8-21-19-30-29(18-20(21)7-1)37-34-28-17-23(22-13-14-33-26(15-22)25-10-4-6-12-32(25)40-33)16-27-24-9-3-5-11-31(24)39(35(27)28)36(34)38-30/h1-19H. The Morgan fingerprint density at radius 3 is 2.05 bits per heavy atom. The van der Waals surface area contributed by atoms with Crippen molar-refractivity contribution < 1.29 is 0 Å². The second-order valence-electron chi connectivity index (χ2n) is 10.7. The van der Waals surface area contributed by atoms with Gasteiger partial charge in [0.05, 0.1) is 22.1 Å². The number of aromatic nitrogens is 3. The molecule has 0 bridgehead atoms. The maximum Gasteiger partial charge on any atom is 0.165 e. The highest BCUT2D eigenvalue weighted by Gasteiger charge is 2.21. The molecule has 0 atom stereocenters. The van der Waals surface area contributed by atoms with Crippen LogP contribution >= 0.6 is 11.3 Å². The van der Waals surface area contributed by atoms with Gasteiger partial charge >= 0.3 is 0 Å². The van der Waals surface area contributed by atoms with Crippen LogP contribution in [-0.4, -0.2) is 14.4 Å². The monoisotopic (exact) mass is 525 g/mol. The Balaban J connectivity index is 1.35. The van der Waals surface area contributed by atoms with E-state index in [4.69, 9.17) is 9.97 Å². The number of nitrogens with zero attached hydrogens (tertiary/aromatic N) is 3. The molecule has 0 amide bonds. The maximum atomic E-state index is 5.26. The molecule has 4 aromatic heterocycles. The quantitative estimate of drug-likeness (QED) is 0.200. The first-order chi connectivity index (χ1) is 19.8. The third-order valence-electron chi connectivity index (χ3n) is 8.46. The maximum absolute atomic E-state index is 5.26. The zero-order valence-corrected chi connectivity index (χ0v) is 22.0. The van der Waals surface area contributed by atoms with Gasteiger partial charge in [0.1, 0.15) is 5.52 Å². The summed E-state index contributed by atoms with van der Waals surface area (Å²) in [5, 5.41) is 8.64. The molecule has 0 N–H and O–H groups in total. The Labute approximate surface area is 231 Å². The van der Waals surface area contributed by atoms with Crippen LogP contribution in [0.15, 0.2) is 115 Å². The van der Waals surface area contributed by atoms with E-state index in [0.29, 0.717) is 0 Å². The van der Waals surface area contributed by atoms with Crippen molar-refractivity contribution in [2.24, 2.45) is 0 Å². The summed E-state index contributed by atoms with van der Waals surface area (Å²) in [6, 6.07) is 41.7. The van der Waals surface area contributed by atoms with E-state index in [2.05, 4.69) is 120 Å². The molecule has 4 heterocycles. The number of thiophene rings is 1. The van der Waals surface area contributed by atoms with Crippen molar-refractivity contribution in [3.63, 3.8) is 0 Å². The summed E-state index contributed by atoms with van der Waals surface area (Å²) < 4.78 is 4.97. The first-order valence-electron chi connectivity index (χ1n) is 13.5. The van der Waals surface area contributed by atoms with E-state index in [1.165, 1.54) is 63.9 Å². The molecule has 184 valence electrons. The van der Waals surface area contributed by atoms with Gasteiger partial charge in [0.2, 0.25) is 0 Å². The molecule has 0 spiro atoms. The van der Waals surface area contributed by atoms with Crippen LogP contribution in [0.25, 0.3) is 91.5 Å². The van der Waals surface area contributed by atoms with Crippen molar-refractivity contribution in [1.29, 1.82) is 0 Å². The largest absolute Gasteiger partial charge is 0.291 e. The second-order valence-corrected chi connectivity index (χ2v) is 11.7. The number of rotatable bonds is 1. The first-order valence-corrected chi connectivity index (χ1v) is 14.3. The van der Waals surface area contributed by atoms with Gasteiger partial charge in [-0.15, -0.1) is 11.3 Å². The summed E-state index contributed by atoms with van der Waals surface area (Å²) >= 11 is 1.86. The van der Waals surface area contributed by atoms with E-state index < -0.39 is 0 Å². The predicted octanol–water partition coefficient (Wildman–Crippen LogP) is 9.97. The Kier molecular flexibility index (Phi) is 3.81. The molecule has 3 nitrogen and oxygen atoms in total. The molecule has 40 heavy (non-hydrogen) atoms. The van der Waals surface area contributed by atoms with Crippen molar-refractivity contribution in [2.75, 3.05) is 0 Å². The van der Waals surface area contributed by atoms with Crippen molar-refractivity contribution in [1.82, 2.24) is 14.4 Å². The molecule has 4 heteroatoms. The zero-order valence-electron chi connectivity index (χ0n) is 21.2. The second kappa shape index (κ2) is 7.32. The van der Waals surface area contributed by atoms with E-state index >= 15 is 0 Å². The predicted molar refractivity (Wildman–Crippen MR) is 170 cm³/mol. The van der Waals surface area contributed by atoms with Crippen LogP contribution in [0.4, 0.5) is 0 Å². The zero-order chi connectivity index (χ0) is 25.9. The highest BCUT2D eigenvalue weighted by atomic mass is 32.1. The lowest BCUT2D eigenvalue weighted by atomic mass is 9.99. The minimum absolute atomic E-state index is 0.917. The molecule has 10 aromatic rings. The third kappa shape index (κ3) is 2.63. The van der Waals surface area contributed by atoms with Crippen LogP contribution in [0, 0.1) is 0 Å². The molecule has 0 fully saturated rings. The number of benzene rings is 6. The summed E-state index contributed by atoms with van der Waals surface area (Å²) in [6.07, 6.45) is 0. The summed E-state index contributed by atoms with van der Waals surface area (Å²) in [6.45, 7) is 0. The Hall–Kier alpha value is -5.06. The van der Waals surface area contributed by atoms with E-state index in [9.17, 15) is 0 Å². The number of para-hydroxylation sites is 1. The fourth-order valence-electron chi connectivity index (χ4n) is 6.64. The van der Waals surface area contributed by atoms with Gasteiger partial charge in [0.15, 0.2) is 5.65 Å². The van der Waals surface area contributed by atoms with Crippen LogP contribution in [0.2, 0.25) is 0 Å². The smallest absolute Gasteiger partial charge is 0.165 e. The molecule has 6 aromatic carbocycles. The Bertz CT molecular complexity index is 2660. The first kappa shape index (κ1) is 20.8. The SMILES string of the molecule is c1ccc2cc3nc4c(nc3cc2c1)c1cc(-c2ccc3sc5ccccc5c3c2)cc2c3ccccc3n4c21. The number of hydrogen-bond acceptors (Lipinski definition) is 3. The summed E-state index contributed by atoms with van der Waals surface area (Å²) in [5.41, 5.74) is 8.52. The molecule has 0 saturated carbocycles. The van der Waals surface area contributed by atoms with E-state index in [0.717, 1.165) is 27.6 Å². The van der Waals surface area contributed by atoms with Gasteiger partial charge in [0.25, 0.3) is 0 Å². The van der Waals surface area contributed by atoms with Gasteiger partial charge in [-0.05, 0) is 70.4 Å². The summed E-state index contributed by atoms with van der Waals surface area (Å²) in [7, 11) is 0. The highest BCUT2D eigenvalue weighted by Crippen LogP contribution is 2.42. The van der Waals surface area contributed by atoms with Crippen LogP contribution in [-0.2, 0) is 0 Å². The van der Waals surface area contributed by atoms with Crippen LogP contribution in [0.1, 0.15) is 0 Å². The molecule has 0 unspecified atom stereocenters. The topological polar surface area (TPSA) is 30.2 Å². The molecular formula is C36H19N3S. The van der Waals surface area contributed by atoms with E-state index in [-0.39, 0.29) is 0 Å². The van der Waals surface area contributed by atoms with Gasteiger partial charge in [-0.3, -0.25) is 4.40 Å². The Morgan fingerprint density at radius 2 is 1.18 bits per heavy atom. The molecule has 0 saturated heterocycles.